The highest BCUT2D eigenvalue weighted by Gasteiger charge is 2.11. The fourth-order valence-corrected chi connectivity index (χ4v) is 2.29. The molecule has 0 spiro atoms. The number of primary amides is 1. The minimum absolute atomic E-state index is 0.0135. The van der Waals surface area contributed by atoms with E-state index in [0.717, 1.165) is 30.5 Å². The predicted octanol–water partition coefficient (Wildman–Crippen LogP) is 2.19. The highest BCUT2D eigenvalue weighted by atomic mass is 16.1. The molecule has 5 N–H and O–H groups in total. The number of nitrogens with two attached hydrogens (primary N) is 2. The molecule has 5 heteroatoms. The zero-order chi connectivity index (χ0) is 15.8. The van der Waals surface area contributed by atoms with Gasteiger partial charge in [-0.1, -0.05) is 13.3 Å². The maximum Gasteiger partial charge on any atom is 0.248 e. The molecule has 0 aromatic heterocycles. The van der Waals surface area contributed by atoms with Crippen LogP contribution in [0.4, 0.5) is 5.69 Å². The number of carbonyl (C=O) groups is 2. The van der Waals surface area contributed by atoms with Crippen LogP contribution in [-0.4, -0.2) is 18.4 Å². The van der Waals surface area contributed by atoms with Crippen LogP contribution in [0.3, 0.4) is 0 Å². The molecule has 1 unspecified atom stereocenters. The molecular weight excluding hydrogens is 266 g/mol. The molecule has 1 aromatic carbocycles. The summed E-state index contributed by atoms with van der Waals surface area (Å²) in [4.78, 5) is 23.1. The highest BCUT2D eigenvalue weighted by Crippen LogP contribution is 2.18. The van der Waals surface area contributed by atoms with Gasteiger partial charge in [-0.2, -0.15) is 0 Å². The average molecular weight is 291 g/mol. The largest absolute Gasteiger partial charge is 0.366 e. The summed E-state index contributed by atoms with van der Waals surface area (Å²) in [6, 6.07) is 5.01. The van der Waals surface area contributed by atoms with Crippen molar-refractivity contribution in [3.05, 3.63) is 29.3 Å². The smallest absolute Gasteiger partial charge is 0.248 e. The lowest BCUT2D eigenvalue weighted by molar-refractivity contribution is -0.116. The van der Waals surface area contributed by atoms with Crippen LogP contribution in [0.25, 0.3) is 0 Å². The van der Waals surface area contributed by atoms with Crippen molar-refractivity contribution in [1.82, 2.24) is 0 Å². The molecule has 0 heterocycles. The van der Waals surface area contributed by atoms with E-state index < -0.39 is 5.91 Å². The van der Waals surface area contributed by atoms with E-state index in [9.17, 15) is 9.59 Å². The fourth-order valence-electron chi connectivity index (χ4n) is 2.29. The topological polar surface area (TPSA) is 98.2 Å². The third-order valence-corrected chi connectivity index (χ3v) is 3.72. The third-order valence-electron chi connectivity index (χ3n) is 3.72. The first-order valence-corrected chi connectivity index (χ1v) is 7.38. The Morgan fingerprint density at radius 3 is 2.52 bits per heavy atom. The number of hydrogen-bond donors (Lipinski definition) is 3. The summed E-state index contributed by atoms with van der Waals surface area (Å²) in [7, 11) is 0. The molecular formula is C16H25N3O2. The van der Waals surface area contributed by atoms with Crippen LogP contribution in [0.1, 0.15) is 48.5 Å². The molecule has 0 aliphatic heterocycles. The lowest BCUT2D eigenvalue weighted by atomic mass is 9.96. The van der Waals surface area contributed by atoms with Gasteiger partial charge in [0.05, 0.1) is 0 Å². The van der Waals surface area contributed by atoms with Gasteiger partial charge < -0.3 is 16.8 Å². The van der Waals surface area contributed by atoms with Crippen LogP contribution >= 0.6 is 0 Å². The van der Waals surface area contributed by atoms with Gasteiger partial charge in [0.2, 0.25) is 11.8 Å². The minimum atomic E-state index is -0.469. The van der Waals surface area contributed by atoms with Gasteiger partial charge in [0.25, 0.3) is 0 Å². The van der Waals surface area contributed by atoms with E-state index in [1.807, 2.05) is 6.92 Å². The Hall–Kier alpha value is -1.88. The molecule has 0 saturated heterocycles. The van der Waals surface area contributed by atoms with Gasteiger partial charge >= 0.3 is 0 Å². The van der Waals surface area contributed by atoms with Crippen molar-refractivity contribution in [1.29, 1.82) is 0 Å². The summed E-state index contributed by atoms with van der Waals surface area (Å²) in [5.74, 6) is 0.0167. The minimum Gasteiger partial charge on any atom is -0.366 e. The molecule has 21 heavy (non-hydrogen) atoms. The second-order valence-electron chi connectivity index (χ2n) is 5.33. The van der Waals surface area contributed by atoms with E-state index in [4.69, 9.17) is 11.5 Å². The van der Waals surface area contributed by atoms with Gasteiger partial charge in [-0.25, -0.2) is 0 Å². The monoisotopic (exact) mass is 291 g/mol. The van der Waals surface area contributed by atoms with Crippen molar-refractivity contribution in [2.75, 3.05) is 11.9 Å². The summed E-state index contributed by atoms with van der Waals surface area (Å²) in [6.07, 6.45) is 3.32. The Labute approximate surface area is 126 Å². The Morgan fingerprint density at radius 2 is 2.00 bits per heavy atom. The standard InChI is InChI=1S/C16H25N3O2/c1-3-12(8-9-17)4-7-15(20)19-14-6-5-13(16(18)21)10-11(14)2/h5-6,10,12H,3-4,7-9,17H2,1-2H3,(H2,18,21)(H,19,20). The Bertz CT molecular complexity index is 500. The summed E-state index contributed by atoms with van der Waals surface area (Å²) < 4.78 is 0. The van der Waals surface area contributed by atoms with Gasteiger partial charge in [-0.15, -0.1) is 0 Å². The van der Waals surface area contributed by atoms with E-state index in [-0.39, 0.29) is 5.91 Å². The Balaban J connectivity index is 2.57. The molecule has 116 valence electrons. The first-order valence-electron chi connectivity index (χ1n) is 7.38. The zero-order valence-electron chi connectivity index (χ0n) is 12.8. The van der Waals surface area contributed by atoms with Crippen molar-refractivity contribution in [3.63, 3.8) is 0 Å². The first kappa shape index (κ1) is 17.2. The fraction of sp³-hybridized carbons (Fsp3) is 0.500. The average Bonchev–Trinajstić information content (AvgIpc) is 2.45. The second-order valence-corrected chi connectivity index (χ2v) is 5.33. The van der Waals surface area contributed by atoms with Crippen LogP contribution in [0.15, 0.2) is 18.2 Å². The molecule has 0 aliphatic carbocycles. The number of hydrogen-bond acceptors (Lipinski definition) is 3. The van der Waals surface area contributed by atoms with Gasteiger partial charge in [0, 0.05) is 17.7 Å². The molecule has 0 fully saturated rings. The molecule has 0 radical (unpaired) electrons. The summed E-state index contributed by atoms with van der Waals surface area (Å²) in [5.41, 5.74) is 12.8. The summed E-state index contributed by atoms with van der Waals surface area (Å²) in [5, 5.41) is 2.88. The number of benzene rings is 1. The van der Waals surface area contributed by atoms with E-state index in [1.54, 1.807) is 18.2 Å². The van der Waals surface area contributed by atoms with Crippen molar-refractivity contribution >= 4 is 17.5 Å². The maximum absolute atomic E-state index is 12.0. The molecule has 5 nitrogen and oxygen atoms in total. The Morgan fingerprint density at radius 1 is 1.29 bits per heavy atom. The molecule has 1 atom stereocenters. The lowest BCUT2D eigenvalue weighted by Crippen LogP contribution is -2.16. The molecule has 1 aromatic rings. The second kappa shape index (κ2) is 8.42. The van der Waals surface area contributed by atoms with Crippen LogP contribution in [0.5, 0.6) is 0 Å². The first-order chi connectivity index (χ1) is 9.97. The van der Waals surface area contributed by atoms with Gasteiger partial charge in [-0.05, 0) is 56.0 Å². The van der Waals surface area contributed by atoms with E-state index in [1.165, 1.54) is 0 Å². The molecule has 0 saturated carbocycles. The molecule has 0 bridgehead atoms. The molecule has 2 amide bonds. The van der Waals surface area contributed by atoms with Crippen LogP contribution < -0.4 is 16.8 Å². The van der Waals surface area contributed by atoms with Crippen LogP contribution in [0, 0.1) is 12.8 Å². The normalized spacial score (nSPS) is 12.0. The van der Waals surface area contributed by atoms with Crippen molar-refractivity contribution in [2.45, 2.75) is 39.5 Å². The molecule has 0 aliphatic rings. The predicted molar refractivity (Wildman–Crippen MR) is 85.0 cm³/mol. The zero-order valence-corrected chi connectivity index (χ0v) is 12.8. The van der Waals surface area contributed by atoms with Gasteiger partial charge in [0.1, 0.15) is 0 Å². The number of rotatable bonds is 8. The van der Waals surface area contributed by atoms with E-state index in [2.05, 4.69) is 12.2 Å². The summed E-state index contributed by atoms with van der Waals surface area (Å²) in [6.45, 7) is 4.62. The number of nitrogens with one attached hydrogen (secondary N) is 1. The van der Waals surface area contributed by atoms with E-state index >= 15 is 0 Å². The van der Waals surface area contributed by atoms with E-state index in [0.29, 0.717) is 24.4 Å². The SMILES string of the molecule is CCC(CCN)CCC(=O)Nc1ccc(C(N)=O)cc1C. The lowest BCUT2D eigenvalue weighted by Gasteiger charge is -2.14. The highest BCUT2D eigenvalue weighted by molar-refractivity contribution is 5.95. The summed E-state index contributed by atoms with van der Waals surface area (Å²) >= 11 is 0. The third kappa shape index (κ3) is 5.55. The number of carbonyl (C=O) groups excluding carboxylic acids is 2. The number of anilines is 1. The van der Waals surface area contributed by atoms with Crippen molar-refractivity contribution in [3.8, 4) is 0 Å². The maximum atomic E-state index is 12.0. The van der Waals surface area contributed by atoms with Gasteiger partial charge in [-0.3, -0.25) is 9.59 Å². The van der Waals surface area contributed by atoms with Crippen LogP contribution in [0.2, 0.25) is 0 Å². The van der Waals surface area contributed by atoms with Crippen molar-refractivity contribution < 1.29 is 9.59 Å². The Kier molecular flexibility index (Phi) is 6.88. The number of amides is 2. The van der Waals surface area contributed by atoms with Gasteiger partial charge in [0.15, 0.2) is 0 Å². The van der Waals surface area contributed by atoms with Crippen LogP contribution in [-0.2, 0) is 4.79 Å². The number of aryl methyl sites for hydroxylation is 1. The van der Waals surface area contributed by atoms with Crippen molar-refractivity contribution in [2.24, 2.45) is 17.4 Å². The quantitative estimate of drug-likeness (QED) is 0.684. The molecule has 1 rings (SSSR count).